The van der Waals surface area contributed by atoms with Gasteiger partial charge in [-0.15, -0.1) is 0 Å². The second-order valence-corrected chi connectivity index (χ2v) is 12.2. The molecule has 0 saturated heterocycles. The molecular formula is C6H12O24S6. The van der Waals surface area contributed by atoms with Crippen molar-refractivity contribution in [3.63, 3.8) is 0 Å². The van der Waals surface area contributed by atoms with E-state index in [9.17, 15) is 50.5 Å². The lowest BCUT2D eigenvalue weighted by atomic mass is 9.85. The molecule has 0 unspecified atom stereocenters. The molecule has 6 N–H and O–H groups in total. The third-order valence-electron chi connectivity index (χ3n) is 3.34. The van der Waals surface area contributed by atoms with E-state index in [-0.39, 0.29) is 0 Å². The van der Waals surface area contributed by atoms with E-state index in [1.165, 1.54) is 0 Å². The minimum atomic E-state index is -6.04. The Labute approximate surface area is 201 Å². The molecule has 1 fully saturated rings. The largest absolute Gasteiger partial charge is 0.397 e. The molecule has 0 aromatic carbocycles. The van der Waals surface area contributed by atoms with Gasteiger partial charge in [-0.25, -0.2) is 25.1 Å². The summed E-state index contributed by atoms with van der Waals surface area (Å²) < 4.78 is 211. The van der Waals surface area contributed by atoms with Gasteiger partial charge in [0.1, 0.15) is 36.6 Å². The van der Waals surface area contributed by atoms with Crippen molar-refractivity contribution in [1.82, 2.24) is 0 Å². The van der Waals surface area contributed by atoms with Gasteiger partial charge in [-0.2, -0.15) is 50.5 Å². The Morgan fingerprint density at radius 2 is 0.361 bits per heavy atom. The summed E-state index contributed by atoms with van der Waals surface area (Å²) >= 11 is 0. The first-order valence-electron chi connectivity index (χ1n) is 7.51. The molecule has 0 aromatic heterocycles. The highest BCUT2D eigenvalue weighted by atomic mass is 32.3. The van der Waals surface area contributed by atoms with E-state index >= 15 is 0 Å². The van der Waals surface area contributed by atoms with Crippen LogP contribution in [0.15, 0.2) is 0 Å². The van der Waals surface area contributed by atoms with Crippen LogP contribution in [-0.2, 0) is 87.5 Å². The average Bonchev–Trinajstić information content (AvgIpc) is 2.51. The van der Waals surface area contributed by atoms with Gasteiger partial charge in [0.25, 0.3) is 0 Å². The van der Waals surface area contributed by atoms with E-state index in [4.69, 9.17) is 27.3 Å². The van der Waals surface area contributed by atoms with Gasteiger partial charge in [0.05, 0.1) is 0 Å². The molecule has 1 saturated carbocycles. The maximum atomic E-state index is 11.2. The number of rotatable bonds is 12. The quantitative estimate of drug-likeness (QED) is 0.107. The van der Waals surface area contributed by atoms with Crippen molar-refractivity contribution in [1.29, 1.82) is 0 Å². The fourth-order valence-corrected chi connectivity index (χ4v) is 5.62. The summed E-state index contributed by atoms with van der Waals surface area (Å²) in [5.74, 6) is 0. The first-order valence-corrected chi connectivity index (χ1v) is 15.7. The minimum absolute atomic E-state index is 3.40. The topological polar surface area (TPSA) is 382 Å². The predicted molar refractivity (Wildman–Crippen MR) is 98.5 cm³/mol. The van der Waals surface area contributed by atoms with E-state index in [1.54, 1.807) is 0 Å². The fraction of sp³-hybridized carbons (Fsp3) is 1.00. The molecule has 36 heavy (non-hydrogen) atoms. The molecule has 0 amide bonds. The highest BCUT2D eigenvalue weighted by Gasteiger charge is 2.62. The molecule has 0 spiro atoms. The molecule has 1 rings (SSSR count). The molecule has 0 bridgehead atoms. The Bertz CT molecular complexity index is 1140. The summed E-state index contributed by atoms with van der Waals surface area (Å²) in [6.07, 6.45) is -20.4. The fourth-order valence-electron chi connectivity index (χ4n) is 2.62. The summed E-state index contributed by atoms with van der Waals surface area (Å²) in [4.78, 5) is 0. The Morgan fingerprint density at radius 3 is 0.417 bits per heavy atom. The van der Waals surface area contributed by atoms with Crippen molar-refractivity contribution in [3.8, 4) is 0 Å². The van der Waals surface area contributed by atoms with E-state index in [2.05, 4.69) is 25.1 Å². The number of hydrogen-bond acceptors (Lipinski definition) is 18. The molecule has 0 aliphatic heterocycles. The Morgan fingerprint density at radius 1 is 0.278 bits per heavy atom. The average molecular weight is 661 g/mol. The van der Waals surface area contributed by atoms with Crippen LogP contribution < -0.4 is 0 Å². The van der Waals surface area contributed by atoms with Crippen LogP contribution in [0, 0.1) is 0 Å². The van der Waals surface area contributed by atoms with Gasteiger partial charge in [0, 0.05) is 0 Å². The molecule has 1 aliphatic carbocycles. The Hall–Kier alpha value is -0.780. The lowest BCUT2D eigenvalue weighted by molar-refractivity contribution is -0.185. The van der Waals surface area contributed by atoms with Gasteiger partial charge < -0.3 is 0 Å². The van der Waals surface area contributed by atoms with Crippen LogP contribution in [-0.4, -0.2) is 114 Å². The normalized spacial score (nSPS) is 29.2. The predicted octanol–water partition coefficient (Wildman–Crippen LogP) is -4.87. The zero-order valence-electron chi connectivity index (χ0n) is 15.9. The molecule has 24 nitrogen and oxygen atoms in total. The van der Waals surface area contributed by atoms with Gasteiger partial charge in [-0.3, -0.25) is 27.3 Å². The molecule has 216 valence electrons. The first-order chi connectivity index (χ1) is 15.6. The second-order valence-electron chi connectivity index (χ2n) is 5.93. The summed E-state index contributed by atoms with van der Waals surface area (Å²) in [6.45, 7) is 0. The molecule has 1 aliphatic rings. The molecule has 0 aromatic rings. The monoisotopic (exact) mass is 660 g/mol. The summed E-state index contributed by atoms with van der Waals surface area (Å²) in [5, 5.41) is 0. The van der Waals surface area contributed by atoms with Crippen LogP contribution in [0.1, 0.15) is 0 Å². The van der Waals surface area contributed by atoms with Crippen LogP contribution in [0.2, 0.25) is 0 Å². The lowest BCUT2D eigenvalue weighted by Crippen LogP contribution is -2.69. The van der Waals surface area contributed by atoms with Crippen LogP contribution in [0.5, 0.6) is 0 Å². The van der Waals surface area contributed by atoms with Crippen molar-refractivity contribution >= 4 is 62.4 Å². The summed E-state index contributed by atoms with van der Waals surface area (Å²) in [5.41, 5.74) is 0. The van der Waals surface area contributed by atoms with Crippen molar-refractivity contribution in [3.05, 3.63) is 0 Å². The second kappa shape index (κ2) is 10.8. The van der Waals surface area contributed by atoms with Crippen molar-refractivity contribution in [2.75, 3.05) is 0 Å². The summed E-state index contributed by atoms with van der Waals surface area (Å²) in [6, 6.07) is 0. The smallest absolute Gasteiger partial charge is 0.264 e. The van der Waals surface area contributed by atoms with Gasteiger partial charge >= 0.3 is 62.4 Å². The van der Waals surface area contributed by atoms with Crippen LogP contribution in [0.3, 0.4) is 0 Å². The van der Waals surface area contributed by atoms with Crippen LogP contribution >= 0.6 is 0 Å². The van der Waals surface area contributed by atoms with E-state index in [0.29, 0.717) is 0 Å². The van der Waals surface area contributed by atoms with Crippen molar-refractivity contribution in [2.24, 2.45) is 0 Å². The molecule has 0 radical (unpaired) electrons. The highest BCUT2D eigenvalue weighted by molar-refractivity contribution is 7.82. The first kappa shape index (κ1) is 33.2. The zero-order chi connectivity index (χ0) is 28.7. The Kier molecular flexibility index (Phi) is 9.95. The Balaban J connectivity index is 4.15. The standard InChI is InChI=1S/C6H12O24S6/c7-31(8,9)25-1-2(26-32(10,11)12)4(28-34(16,17)18)6(30-36(22,23)24)5(29-35(19,20)21)3(1)27-33(13,14)15/h1-6H,(H,7,8,9)(H,10,11,12)(H,13,14,15)(H,16,17,18)(H,19,20,21)(H,22,23,24)/t1-,2+,3?,4?,5+,6?/m0/s1. The molecule has 0 atom stereocenters. The van der Waals surface area contributed by atoms with Gasteiger partial charge in [-0.1, -0.05) is 0 Å². The highest BCUT2D eigenvalue weighted by Crippen LogP contribution is 2.37. The maximum Gasteiger partial charge on any atom is 0.397 e. The van der Waals surface area contributed by atoms with Gasteiger partial charge in [0.2, 0.25) is 0 Å². The van der Waals surface area contributed by atoms with Crippen LogP contribution in [0.4, 0.5) is 0 Å². The third-order valence-corrected chi connectivity index (χ3v) is 6.13. The molecule has 0 heterocycles. The van der Waals surface area contributed by atoms with E-state index in [0.717, 1.165) is 0 Å². The molecular weight excluding hydrogens is 648 g/mol. The SMILES string of the molecule is O=S(=O)(O)OC1C(OS(=O)(=O)O)[C@H](OS(=O)(=O)O)[C@H](OS(=O)(=O)O)C(OS(=O)(=O)O)[C@H]1OS(=O)(=O)O. The third kappa shape index (κ3) is 12.2. The summed E-state index contributed by atoms with van der Waals surface area (Å²) in [7, 11) is -36.3. The van der Waals surface area contributed by atoms with Crippen molar-refractivity contribution in [2.45, 2.75) is 36.6 Å². The van der Waals surface area contributed by atoms with E-state index in [1.807, 2.05) is 0 Å². The van der Waals surface area contributed by atoms with Gasteiger partial charge in [0.15, 0.2) is 0 Å². The van der Waals surface area contributed by atoms with Crippen molar-refractivity contribution < 1.29 is 103 Å². The zero-order valence-corrected chi connectivity index (χ0v) is 20.8. The van der Waals surface area contributed by atoms with E-state index < -0.39 is 99.0 Å². The minimum Gasteiger partial charge on any atom is -0.264 e. The van der Waals surface area contributed by atoms with Gasteiger partial charge in [-0.05, 0) is 0 Å². The number of hydrogen-bond donors (Lipinski definition) is 6. The maximum absolute atomic E-state index is 11.2. The van der Waals surface area contributed by atoms with Crippen LogP contribution in [0.25, 0.3) is 0 Å². The lowest BCUT2D eigenvalue weighted by Gasteiger charge is -2.45. The molecule has 30 heteroatoms.